The van der Waals surface area contributed by atoms with Gasteiger partial charge in [-0.05, 0) is 48.5 Å². The summed E-state index contributed by atoms with van der Waals surface area (Å²) in [5.74, 6) is 1.34. The van der Waals surface area contributed by atoms with Crippen molar-refractivity contribution < 1.29 is 4.74 Å². The molecule has 6 nitrogen and oxygen atoms in total. The molecule has 32 heavy (non-hydrogen) atoms. The number of hydrogen-bond donors (Lipinski definition) is 1. The van der Waals surface area contributed by atoms with Gasteiger partial charge < -0.3 is 9.72 Å². The molecule has 162 valence electrons. The SMILES string of the molecule is COc1ccc2nc(Cl)c(CN3CCc4nc(-c5ccc(Cl)cc5)[nH]c(=O)c4C3)cc2c1. The monoisotopic (exact) mass is 466 g/mol. The maximum atomic E-state index is 12.8. The minimum absolute atomic E-state index is 0.114. The van der Waals surface area contributed by atoms with Crippen LogP contribution in [-0.4, -0.2) is 33.5 Å². The molecule has 0 bridgehead atoms. The lowest BCUT2D eigenvalue weighted by Crippen LogP contribution is -2.35. The summed E-state index contributed by atoms with van der Waals surface area (Å²) in [5.41, 5.74) is 3.98. The Morgan fingerprint density at radius 2 is 1.91 bits per heavy atom. The van der Waals surface area contributed by atoms with Crippen LogP contribution in [0.4, 0.5) is 0 Å². The fourth-order valence-electron chi connectivity index (χ4n) is 4.01. The fraction of sp³-hybridized carbons (Fsp3) is 0.208. The number of fused-ring (bicyclic) bond motifs is 2. The maximum Gasteiger partial charge on any atom is 0.255 e. The van der Waals surface area contributed by atoms with Crippen LogP contribution in [0.1, 0.15) is 16.8 Å². The van der Waals surface area contributed by atoms with Gasteiger partial charge in [0.2, 0.25) is 0 Å². The Balaban J connectivity index is 1.40. The Labute approximate surface area is 194 Å². The molecule has 0 amide bonds. The van der Waals surface area contributed by atoms with E-state index in [0.717, 1.165) is 40.0 Å². The Bertz CT molecular complexity index is 1370. The van der Waals surface area contributed by atoms with Gasteiger partial charge >= 0.3 is 0 Å². The molecule has 8 heteroatoms. The summed E-state index contributed by atoms with van der Waals surface area (Å²) in [6.45, 7) is 1.87. The number of halogens is 2. The molecule has 2 aromatic heterocycles. The van der Waals surface area contributed by atoms with Gasteiger partial charge in [0, 0.05) is 47.6 Å². The lowest BCUT2D eigenvalue weighted by Gasteiger charge is -2.28. The van der Waals surface area contributed by atoms with E-state index in [0.29, 0.717) is 41.1 Å². The Hall–Kier alpha value is -2.93. The van der Waals surface area contributed by atoms with E-state index in [1.807, 2.05) is 36.4 Å². The third-order valence-corrected chi connectivity index (χ3v) is 6.29. The molecular weight excluding hydrogens is 447 g/mol. The average molecular weight is 467 g/mol. The first-order valence-corrected chi connectivity index (χ1v) is 11.0. The zero-order valence-corrected chi connectivity index (χ0v) is 18.9. The van der Waals surface area contributed by atoms with Crippen LogP contribution in [0.15, 0.2) is 53.3 Å². The lowest BCUT2D eigenvalue weighted by molar-refractivity contribution is 0.242. The molecule has 0 unspecified atom stereocenters. The van der Waals surface area contributed by atoms with E-state index < -0.39 is 0 Å². The Kier molecular flexibility index (Phi) is 5.59. The molecule has 0 saturated heterocycles. The normalized spacial score (nSPS) is 13.8. The van der Waals surface area contributed by atoms with Crippen molar-refractivity contribution in [1.29, 1.82) is 0 Å². The summed E-state index contributed by atoms with van der Waals surface area (Å²) < 4.78 is 5.32. The highest BCUT2D eigenvalue weighted by Gasteiger charge is 2.22. The van der Waals surface area contributed by atoms with E-state index >= 15 is 0 Å². The smallest absolute Gasteiger partial charge is 0.255 e. The van der Waals surface area contributed by atoms with Gasteiger partial charge in [0.15, 0.2) is 0 Å². The number of benzene rings is 2. The molecule has 4 aromatic rings. The van der Waals surface area contributed by atoms with E-state index in [1.165, 1.54) is 0 Å². The van der Waals surface area contributed by atoms with Gasteiger partial charge in [-0.25, -0.2) is 9.97 Å². The van der Waals surface area contributed by atoms with Gasteiger partial charge in [0.05, 0.1) is 23.9 Å². The van der Waals surface area contributed by atoms with Crippen LogP contribution in [0.3, 0.4) is 0 Å². The van der Waals surface area contributed by atoms with Gasteiger partial charge in [-0.3, -0.25) is 9.69 Å². The minimum Gasteiger partial charge on any atom is -0.497 e. The van der Waals surface area contributed by atoms with Crippen molar-refractivity contribution in [3.8, 4) is 17.1 Å². The van der Waals surface area contributed by atoms with Gasteiger partial charge in [-0.2, -0.15) is 0 Å². The highest BCUT2D eigenvalue weighted by atomic mass is 35.5. The number of aromatic amines is 1. The summed E-state index contributed by atoms with van der Waals surface area (Å²) in [6, 6.07) is 15.0. The van der Waals surface area contributed by atoms with Crippen molar-refractivity contribution in [3.05, 3.63) is 85.9 Å². The number of pyridine rings is 1. The third kappa shape index (κ3) is 4.09. The summed E-state index contributed by atoms with van der Waals surface area (Å²) >= 11 is 12.4. The van der Waals surface area contributed by atoms with Crippen LogP contribution >= 0.6 is 23.2 Å². The Morgan fingerprint density at radius 1 is 1.09 bits per heavy atom. The number of hydrogen-bond acceptors (Lipinski definition) is 5. The molecule has 0 spiro atoms. The minimum atomic E-state index is -0.114. The summed E-state index contributed by atoms with van der Waals surface area (Å²) in [4.78, 5) is 27.2. The summed E-state index contributed by atoms with van der Waals surface area (Å²) in [6.07, 6.45) is 0.687. The highest BCUT2D eigenvalue weighted by Crippen LogP contribution is 2.27. The number of rotatable bonds is 4. The van der Waals surface area contributed by atoms with Gasteiger partial charge in [-0.1, -0.05) is 23.2 Å². The number of nitrogens with one attached hydrogen (secondary N) is 1. The number of H-pyrrole nitrogens is 1. The second-order valence-electron chi connectivity index (χ2n) is 7.80. The van der Waals surface area contributed by atoms with Crippen LogP contribution in [0.5, 0.6) is 5.75 Å². The topological polar surface area (TPSA) is 71.1 Å². The lowest BCUT2D eigenvalue weighted by atomic mass is 10.1. The molecule has 2 aromatic carbocycles. The number of nitrogens with zero attached hydrogens (tertiary/aromatic N) is 3. The highest BCUT2D eigenvalue weighted by molar-refractivity contribution is 6.30. The van der Waals surface area contributed by atoms with Crippen LogP contribution in [-0.2, 0) is 19.5 Å². The average Bonchev–Trinajstić information content (AvgIpc) is 2.80. The number of methoxy groups -OCH3 is 1. The standard InChI is InChI=1S/C24H20Cl2N4O2/c1-32-18-6-7-20-15(11-18)10-16(22(26)27-20)12-30-9-8-21-19(13-30)24(31)29-23(28-21)14-2-4-17(25)5-3-14/h2-7,10-11H,8-9,12-13H2,1H3,(H,28,29,31). The van der Waals surface area contributed by atoms with Crippen LogP contribution < -0.4 is 10.3 Å². The molecule has 0 fully saturated rings. The molecule has 0 aliphatic carbocycles. The number of aromatic nitrogens is 3. The first-order valence-electron chi connectivity index (χ1n) is 10.2. The van der Waals surface area contributed by atoms with Crippen molar-refractivity contribution in [2.24, 2.45) is 0 Å². The molecule has 3 heterocycles. The second-order valence-corrected chi connectivity index (χ2v) is 8.60. The molecule has 1 aliphatic heterocycles. The molecule has 1 aliphatic rings. The van der Waals surface area contributed by atoms with Crippen molar-refractivity contribution in [2.45, 2.75) is 19.5 Å². The van der Waals surface area contributed by atoms with E-state index in [9.17, 15) is 4.79 Å². The van der Waals surface area contributed by atoms with Gasteiger partial charge in [0.25, 0.3) is 5.56 Å². The first-order chi connectivity index (χ1) is 15.5. The molecule has 0 atom stereocenters. The van der Waals surface area contributed by atoms with Crippen molar-refractivity contribution in [2.75, 3.05) is 13.7 Å². The van der Waals surface area contributed by atoms with Gasteiger partial charge in [-0.15, -0.1) is 0 Å². The van der Waals surface area contributed by atoms with E-state index in [2.05, 4.69) is 14.9 Å². The van der Waals surface area contributed by atoms with Crippen LogP contribution in [0, 0.1) is 0 Å². The Morgan fingerprint density at radius 3 is 2.69 bits per heavy atom. The second kappa shape index (κ2) is 8.54. The summed E-state index contributed by atoms with van der Waals surface area (Å²) in [5, 5.41) is 2.08. The molecular formula is C24H20Cl2N4O2. The third-order valence-electron chi connectivity index (χ3n) is 5.71. The zero-order valence-electron chi connectivity index (χ0n) is 17.4. The predicted octanol–water partition coefficient (Wildman–Crippen LogP) is 4.86. The van der Waals surface area contributed by atoms with Crippen LogP contribution in [0.2, 0.25) is 10.2 Å². The van der Waals surface area contributed by atoms with Gasteiger partial charge in [0.1, 0.15) is 16.7 Å². The van der Waals surface area contributed by atoms with Crippen molar-refractivity contribution in [3.63, 3.8) is 0 Å². The largest absolute Gasteiger partial charge is 0.497 e. The van der Waals surface area contributed by atoms with E-state index in [4.69, 9.17) is 32.9 Å². The first kappa shape index (κ1) is 20.9. The molecule has 0 radical (unpaired) electrons. The molecule has 5 rings (SSSR count). The quantitative estimate of drug-likeness (QED) is 0.434. The zero-order chi connectivity index (χ0) is 22.2. The maximum absolute atomic E-state index is 12.8. The number of ether oxygens (including phenoxy) is 1. The van der Waals surface area contributed by atoms with Crippen LogP contribution in [0.25, 0.3) is 22.3 Å². The molecule has 0 saturated carbocycles. The summed E-state index contributed by atoms with van der Waals surface area (Å²) in [7, 11) is 1.64. The predicted molar refractivity (Wildman–Crippen MR) is 126 cm³/mol. The molecule has 1 N–H and O–H groups in total. The van der Waals surface area contributed by atoms with E-state index in [1.54, 1.807) is 19.2 Å². The van der Waals surface area contributed by atoms with Crippen molar-refractivity contribution in [1.82, 2.24) is 19.9 Å². The van der Waals surface area contributed by atoms with Crippen molar-refractivity contribution >= 4 is 34.1 Å². The van der Waals surface area contributed by atoms with E-state index in [-0.39, 0.29) is 5.56 Å². The fourth-order valence-corrected chi connectivity index (χ4v) is 4.35.